The van der Waals surface area contributed by atoms with Crippen LogP contribution in [0.2, 0.25) is 0 Å². The fourth-order valence-corrected chi connectivity index (χ4v) is 2.18. The number of rotatable bonds is 18. The van der Waals surface area contributed by atoms with E-state index in [0.29, 0.717) is 19.2 Å². The van der Waals surface area contributed by atoms with Gasteiger partial charge >= 0.3 is 5.95 Å². The van der Waals surface area contributed by atoms with E-state index in [1.807, 2.05) is 0 Å². The van der Waals surface area contributed by atoms with Crippen LogP contribution in [-0.2, 0) is 18.9 Å². The van der Waals surface area contributed by atoms with Gasteiger partial charge in [0.1, 0.15) is 0 Å². The molecule has 24 heavy (non-hydrogen) atoms. The Morgan fingerprint density at radius 1 is 0.583 bits per heavy atom. The van der Waals surface area contributed by atoms with Gasteiger partial charge in [0.05, 0.1) is 19.8 Å². The summed E-state index contributed by atoms with van der Waals surface area (Å²) >= 11 is 0. The van der Waals surface area contributed by atoms with Crippen LogP contribution in [0.4, 0.5) is 0 Å². The van der Waals surface area contributed by atoms with Gasteiger partial charge in [-0.05, 0) is 25.7 Å². The van der Waals surface area contributed by atoms with Crippen LogP contribution in [-0.4, -0.2) is 26.6 Å². The van der Waals surface area contributed by atoms with Crippen molar-refractivity contribution in [2.24, 2.45) is 0 Å². The van der Waals surface area contributed by atoms with Crippen molar-refractivity contribution in [3.63, 3.8) is 0 Å². The number of ether oxygens (including phenoxy) is 4. The van der Waals surface area contributed by atoms with Crippen molar-refractivity contribution >= 4 is 0 Å². The van der Waals surface area contributed by atoms with E-state index in [1.54, 1.807) is 0 Å². The Bertz CT molecular complexity index is 289. The Morgan fingerprint density at radius 2 is 1.25 bits per heavy atom. The molecule has 0 bridgehead atoms. The van der Waals surface area contributed by atoms with Crippen LogP contribution in [0.15, 0.2) is 11.7 Å². The minimum Gasteiger partial charge on any atom is -0.491 e. The molecule has 0 aromatic carbocycles. The van der Waals surface area contributed by atoms with Crippen molar-refractivity contribution in [1.82, 2.24) is 0 Å². The summed E-state index contributed by atoms with van der Waals surface area (Å²) in [5.41, 5.74) is 0. The average Bonchev–Trinajstić information content (AvgIpc) is 2.60. The van der Waals surface area contributed by atoms with Crippen LogP contribution in [0.1, 0.15) is 91.9 Å². The zero-order chi connectivity index (χ0) is 17.9. The summed E-state index contributed by atoms with van der Waals surface area (Å²) in [6.07, 6.45) is 11.1. The van der Waals surface area contributed by atoms with Gasteiger partial charge in [-0.15, -0.1) is 0 Å². The molecule has 0 aliphatic carbocycles. The molecular formula is C20H40O4. The molecule has 0 spiro atoms. The summed E-state index contributed by atoms with van der Waals surface area (Å²) in [5, 5.41) is 0. The van der Waals surface area contributed by atoms with Gasteiger partial charge in [0.25, 0.3) is 0 Å². The molecule has 0 heterocycles. The van der Waals surface area contributed by atoms with Crippen molar-refractivity contribution < 1.29 is 18.9 Å². The van der Waals surface area contributed by atoms with Crippen LogP contribution in [0, 0.1) is 0 Å². The second kappa shape index (κ2) is 18.4. The molecule has 0 fully saturated rings. The zero-order valence-corrected chi connectivity index (χ0v) is 16.5. The highest BCUT2D eigenvalue weighted by Gasteiger charge is 2.12. The van der Waals surface area contributed by atoms with Gasteiger partial charge in [-0.25, -0.2) is 0 Å². The average molecular weight is 345 g/mol. The first-order valence-electron chi connectivity index (χ1n) is 9.99. The number of unbranched alkanes of at least 4 members (excludes halogenated alkanes) is 5. The number of hydrogen-bond acceptors (Lipinski definition) is 4. The third-order valence-electron chi connectivity index (χ3n) is 3.57. The predicted octanol–water partition coefficient (Wildman–Crippen LogP) is 6.16. The van der Waals surface area contributed by atoms with E-state index in [-0.39, 0.29) is 6.79 Å². The molecule has 4 nitrogen and oxygen atoms in total. The molecule has 0 aromatic heterocycles. The van der Waals surface area contributed by atoms with Crippen LogP contribution >= 0.6 is 0 Å². The molecule has 0 aliphatic rings. The van der Waals surface area contributed by atoms with Crippen LogP contribution < -0.4 is 0 Å². The Balaban J connectivity index is 4.43. The smallest absolute Gasteiger partial charge is 0.321 e. The molecule has 0 N–H and O–H groups in total. The summed E-state index contributed by atoms with van der Waals surface area (Å²) < 4.78 is 23.0. The molecule has 0 amide bonds. The van der Waals surface area contributed by atoms with E-state index in [4.69, 9.17) is 18.9 Å². The first kappa shape index (κ1) is 23.1. The Kier molecular flexibility index (Phi) is 17.7. The summed E-state index contributed by atoms with van der Waals surface area (Å²) in [4.78, 5) is 0. The van der Waals surface area contributed by atoms with Gasteiger partial charge in [0, 0.05) is 6.42 Å². The largest absolute Gasteiger partial charge is 0.491 e. The van der Waals surface area contributed by atoms with Gasteiger partial charge in [-0.2, -0.15) is 0 Å². The molecule has 0 rings (SSSR count). The first-order valence-corrected chi connectivity index (χ1v) is 9.99. The standard InChI is InChI=1S/C20H40O4/c1-5-9-11-13-17-21-18-24-20(23-16-8-4)19(22-15-7-3)14-12-10-6-2/h5-18H2,1-4H3/b20-19-. The summed E-state index contributed by atoms with van der Waals surface area (Å²) in [6.45, 7) is 10.9. The van der Waals surface area contributed by atoms with E-state index in [1.165, 1.54) is 32.1 Å². The maximum atomic E-state index is 5.88. The fraction of sp³-hybridized carbons (Fsp3) is 0.900. The fourth-order valence-electron chi connectivity index (χ4n) is 2.18. The predicted molar refractivity (Wildman–Crippen MR) is 99.7 cm³/mol. The molecule has 0 saturated heterocycles. The monoisotopic (exact) mass is 344 g/mol. The highest BCUT2D eigenvalue weighted by molar-refractivity contribution is 4.95. The lowest BCUT2D eigenvalue weighted by Crippen LogP contribution is -2.10. The molecule has 0 atom stereocenters. The quantitative estimate of drug-likeness (QED) is 0.169. The van der Waals surface area contributed by atoms with Crippen LogP contribution in [0.5, 0.6) is 0 Å². The molecule has 0 radical (unpaired) electrons. The minimum atomic E-state index is 0.234. The molecular weight excluding hydrogens is 304 g/mol. The van der Waals surface area contributed by atoms with Crippen molar-refractivity contribution in [3.05, 3.63) is 11.7 Å². The van der Waals surface area contributed by atoms with E-state index < -0.39 is 0 Å². The summed E-state index contributed by atoms with van der Waals surface area (Å²) in [7, 11) is 0. The number of allylic oxidation sites excluding steroid dienone is 1. The Labute approximate surface area is 149 Å². The SMILES string of the molecule is CCCCCCOCO/C(OCCC)=C(/CCCCC)OCCC. The second-order valence-corrected chi connectivity index (χ2v) is 6.10. The summed E-state index contributed by atoms with van der Waals surface area (Å²) in [6, 6.07) is 0. The van der Waals surface area contributed by atoms with Gasteiger partial charge < -0.3 is 18.9 Å². The third kappa shape index (κ3) is 13.5. The topological polar surface area (TPSA) is 36.9 Å². The maximum absolute atomic E-state index is 5.88. The highest BCUT2D eigenvalue weighted by Crippen LogP contribution is 2.18. The Morgan fingerprint density at radius 3 is 1.92 bits per heavy atom. The molecule has 4 heteroatoms. The van der Waals surface area contributed by atoms with E-state index >= 15 is 0 Å². The van der Waals surface area contributed by atoms with E-state index in [0.717, 1.165) is 44.5 Å². The van der Waals surface area contributed by atoms with E-state index in [9.17, 15) is 0 Å². The van der Waals surface area contributed by atoms with Crippen molar-refractivity contribution in [1.29, 1.82) is 0 Å². The molecule has 0 saturated carbocycles. The zero-order valence-electron chi connectivity index (χ0n) is 16.5. The Hall–Kier alpha value is -0.900. The lowest BCUT2D eigenvalue weighted by Gasteiger charge is -2.17. The van der Waals surface area contributed by atoms with Gasteiger partial charge in [-0.3, -0.25) is 0 Å². The van der Waals surface area contributed by atoms with E-state index in [2.05, 4.69) is 27.7 Å². The molecule has 144 valence electrons. The summed E-state index contributed by atoms with van der Waals surface area (Å²) in [5.74, 6) is 1.36. The first-order chi connectivity index (χ1) is 11.8. The maximum Gasteiger partial charge on any atom is 0.321 e. The van der Waals surface area contributed by atoms with Gasteiger partial charge in [0.2, 0.25) is 0 Å². The molecule has 0 aliphatic heterocycles. The lowest BCUT2D eigenvalue weighted by atomic mass is 10.2. The second-order valence-electron chi connectivity index (χ2n) is 6.10. The van der Waals surface area contributed by atoms with Crippen molar-refractivity contribution in [2.45, 2.75) is 91.9 Å². The number of hydrogen-bond donors (Lipinski definition) is 0. The normalized spacial score (nSPS) is 12.0. The third-order valence-corrected chi connectivity index (χ3v) is 3.57. The minimum absolute atomic E-state index is 0.234. The lowest BCUT2D eigenvalue weighted by molar-refractivity contribution is -0.0840. The molecule has 0 unspecified atom stereocenters. The van der Waals surface area contributed by atoms with Gasteiger partial charge in [0.15, 0.2) is 12.6 Å². The van der Waals surface area contributed by atoms with Crippen LogP contribution in [0.3, 0.4) is 0 Å². The van der Waals surface area contributed by atoms with Crippen molar-refractivity contribution in [2.75, 3.05) is 26.6 Å². The van der Waals surface area contributed by atoms with Gasteiger partial charge in [-0.1, -0.05) is 59.8 Å². The van der Waals surface area contributed by atoms with Crippen LogP contribution in [0.25, 0.3) is 0 Å². The van der Waals surface area contributed by atoms with Crippen molar-refractivity contribution in [3.8, 4) is 0 Å². The highest BCUT2D eigenvalue weighted by atomic mass is 16.7. The molecule has 0 aromatic rings.